The van der Waals surface area contributed by atoms with Crippen LogP contribution in [0.4, 0.5) is 0 Å². The molecule has 7 nitrogen and oxygen atoms in total. The maximum Gasteiger partial charge on any atom is 0.272 e. The third-order valence-corrected chi connectivity index (χ3v) is 4.90. The summed E-state index contributed by atoms with van der Waals surface area (Å²) in [5.41, 5.74) is 1.57. The fourth-order valence-corrected chi connectivity index (χ4v) is 3.32. The van der Waals surface area contributed by atoms with Gasteiger partial charge >= 0.3 is 0 Å². The molecule has 0 radical (unpaired) electrons. The molecule has 1 aliphatic heterocycles. The number of hydrogen-bond acceptors (Lipinski definition) is 4. The van der Waals surface area contributed by atoms with Gasteiger partial charge in [-0.2, -0.15) is 5.10 Å². The Morgan fingerprint density at radius 1 is 1.14 bits per heavy atom. The molecule has 0 unspecified atom stereocenters. The summed E-state index contributed by atoms with van der Waals surface area (Å²) in [6.07, 6.45) is 3.58. The number of hydrogen-bond donors (Lipinski definition) is 1. The van der Waals surface area contributed by atoms with E-state index in [0.717, 1.165) is 31.6 Å². The molecule has 3 heterocycles. The van der Waals surface area contributed by atoms with E-state index >= 15 is 0 Å². The van der Waals surface area contributed by atoms with Crippen molar-refractivity contribution in [3.8, 4) is 17.1 Å². The summed E-state index contributed by atoms with van der Waals surface area (Å²) >= 11 is 5.97. The van der Waals surface area contributed by atoms with E-state index in [9.17, 15) is 9.59 Å². The second-order valence-electron chi connectivity index (χ2n) is 6.55. The Labute approximate surface area is 166 Å². The van der Waals surface area contributed by atoms with E-state index in [-0.39, 0.29) is 18.1 Å². The van der Waals surface area contributed by atoms with Gasteiger partial charge in [0, 0.05) is 24.2 Å². The molecule has 1 N–H and O–H groups in total. The second kappa shape index (κ2) is 7.90. The zero-order valence-electron chi connectivity index (χ0n) is 15.1. The summed E-state index contributed by atoms with van der Waals surface area (Å²) in [7, 11) is 0. The summed E-state index contributed by atoms with van der Waals surface area (Å²) in [5, 5.41) is 7.69. The number of nitrogens with one attached hydrogen (secondary N) is 1. The number of carbonyl (C=O) groups is 2. The van der Waals surface area contributed by atoms with Crippen LogP contribution >= 0.6 is 11.6 Å². The lowest BCUT2D eigenvalue weighted by molar-refractivity contribution is -0.129. The normalized spacial score (nSPS) is 13.7. The lowest BCUT2D eigenvalue weighted by Crippen LogP contribution is -2.38. The number of carbonyl (C=O) groups excluding carboxylic acids is 2. The number of amides is 2. The number of halogens is 1. The SMILES string of the molecule is O=C(NCC(=O)N1CCCC1)c1cc(-c2ccco2)n(-c2ccc(Cl)cc2)n1. The topological polar surface area (TPSA) is 80.4 Å². The van der Waals surface area contributed by atoms with E-state index < -0.39 is 5.91 Å². The van der Waals surface area contributed by atoms with E-state index in [2.05, 4.69) is 10.4 Å². The Bertz CT molecular complexity index is 974. The Hall–Kier alpha value is -3.06. The number of rotatable bonds is 5. The van der Waals surface area contributed by atoms with Crippen LogP contribution < -0.4 is 5.32 Å². The van der Waals surface area contributed by atoms with Crippen molar-refractivity contribution >= 4 is 23.4 Å². The number of likely N-dealkylation sites (tertiary alicyclic amines) is 1. The highest BCUT2D eigenvalue weighted by atomic mass is 35.5. The molecule has 0 atom stereocenters. The molecule has 0 spiro atoms. The van der Waals surface area contributed by atoms with Crippen LogP contribution in [0.3, 0.4) is 0 Å². The van der Waals surface area contributed by atoms with Crippen molar-refractivity contribution in [1.29, 1.82) is 0 Å². The molecule has 8 heteroatoms. The molecule has 3 aromatic rings. The monoisotopic (exact) mass is 398 g/mol. The van der Waals surface area contributed by atoms with Crippen molar-refractivity contribution in [3.05, 3.63) is 59.4 Å². The number of aromatic nitrogens is 2. The Morgan fingerprint density at radius 3 is 2.57 bits per heavy atom. The van der Waals surface area contributed by atoms with Gasteiger partial charge in [-0.05, 0) is 49.2 Å². The molecule has 1 aliphatic rings. The predicted molar refractivity (Wildman–Crippen MR) is 104 cm³/mol. The van der Waals surface area contributed by atoms with E-state index in [4.69, 9.17) is 16.0 Å². The van der Waals surface area contributed by atoms with Crippen molar-refractivity contribution in [2.75, 3.05) is 19.6 Å². The number of furan rings is 1. The Morgan fingerprint density at radius 2 is 1.89 bits per heavy atom. The fraction of sp³-hybridized carbons (Fsp3) is 0.250. The molecule has 1 saturated heterocycles. The van der Waals surface area contributed by atoms with E-state index in [1.807, 2.05) is 0 Å². The van der Waals surface area contributed by atoms with E-state index in [1.165, 1.54) is 0 Å². The molecule has 0 aliphatic carbocycles. The van der Waals surface area contributed by atoms with Gasteiger partial charge in [0.1, 0.15) is 5.69 Å². The number of nitrogens with zero attached hydrogens (tertiary/aromatic N) is 3. The third kappa shape index (κ3) is 3.80. The third-order valence-electron chi connectivity index (χ3n) is 4.65. The molecule has 1 fully saturated rings. The summed E-state index contributed by atoms with van der Waals surface area (Å²) in [4.78, 5) is 26.5. The maximum absolute atomic E-state index is 12.6. The fourth-order valence-electron chi connectivity index (χ4n) is 3.20. The van der Waals surface area contributed by atoms with E-state index in [1.54, 1.807) is 58.3 Å². The minimum absolute atomic E-state index is 0.0390. The molecule has 28 heavy (non-hydrogen) atoms. The first kappa shape index (κ1) is 18.3. The molecular weight excluding hydrogens is 380 g/mol. The molecule has 2 amide bonds. The van der Waals surface area contributed by atoms with Crippen molar-refractivity contribution < 1.29 is 14.0 Å². The molecule has 2 aromatic heterocycles. The van der Waals surface area contributed by atoms with Crippen LogP contribution in [-0.2, 0) is 4.79 Å². The average molecular weight is 399 g/mol. The summed E-state index contributed by atoms with van der Waals surface area (Å²) in [5.74, 6) is 0.0944. The van der Waals surface area contributed by atoms with Gasteiger partial charge in [-0.15, -0.1) is 0 Å². The highest BCUT2D eigenvalue weighted by molar-refractivity contribution is 6.30. The van der Waals surface area contributed by atoms with Crippen molar-refractivity contribution in [3.63, 3.8) is 0 Å². The zero-order chi connectivity index (χ0) is 19.5. The van der Waals surface area contributed by atoms with Crippen LogP contribution in [0.5, 0.6) is 0 Å². The largest absolute Gasteiger partial charge is 0.463 e. The second-order valence-corrected chi connectivity index (χ2v) is 6.99. The first-order valence-electron chi connectivity index (χ1n) is 9.08. The average Bonchev–Trinajstić information content (AvgIpc) is 3.47. The summed E-state index contributed by atoms with van der Waals surface area (Å²) < 4.78 is 7.10. The lowest BCUT2D eigenvalue weighted by Gasteiger charge is -2.15. The molecule has 144 valence electrons. The van der Waals surface area contributed by atoms with E-state index in [0.29, 0.717) is 16.5 Å². The quantitative estimate of drug-likeness (QED) is 0.716. The Kier molecular flexibility index (Phi) is 5.16. The van der Waals surface area contributed by atoms with Gasteiger partial charge in [0.15, 0.2) is 11.5 Å². The molecule has 4 rings (SSSR count). The summed E-state index contributed by atoms with van der Waals surface area (Å²) in [6.45, 7) is 1.47. The van der Waals surface area contributed by atoms with Crippen LogP contribution in [0.2, 0.25) is 5.02 Å². The Balaban J connectivity index is 1.57. The van der Waals surface area contributed by atoms with Crippen LogP contribution in [-0.4, -0.2) is 46.1 Å². The van der Waals surface area contributed by atoms with Gasteiger partial charge in [-0.1, -0.05) is 11.6 Å². The van der Waals surface area contributed by atoms with Gasteiger partial charge in [0.2, 0.25) is 5.91 Å². The first-order chi connectivity index (χ1) is 13.6. The maximum atomic E-state index is 12.6. The smallest absolute Gasteiger partial charge is 0.272 e. The van der Waals surface area contributed by atoms with Crippen molar-refractivity contribution in [2.24, 2.45) is 0 Å². The number of benzene rings is 1. The van der Waals surface area contributed by atoms with Crippen LogP contribution in [0.1, 0.15) is 23.3 Å². The first-order valence-corrected chi connectivity index (χ1v) is 9.45. The van der Waals surface area contributed by atoms with Gasteiger partial charge in [-0.25, -0.2) is 4.68 Å². The van der Waals surface area contributed by atoms with Gasteiger partial charge in [-0.3, -0.25) is 9.59 Å². The molecule has 1 aromatic carbocycles. The molecule has 0 bridgehead atoms. The summed E-state index contributed by atoms with van der Waals surface area (Å²) in [6, 6.07) is 12.3. The van der Waals surface area contributed by atoms with Crippen LogP contribution in [0.25, 0.3) is 17.1 Å². The standard InChI is InChI=1S/C20H19ClN4O3/c21-14-5-7-15(8-6-14)25-17(18-4-3-11-28-18)12-16(23-25)20(27)22-13-19(26)24-9-1-2-10-24/h3-8,11-12H,1-2,9-10,13H2,(H,22,27). The highest BCUT2D eigenvalue weighted by Gasteiger charge is 2.21. The van der Waals surface area contributed by atoms with Crippen molar-refractivity contribution in [2.45, 2.75) is 12.8 Å². The molecular formula is C20H19ClN4O3. The van der Waals surface area contributed by atoms with Crippen LogP contribution in [0, 0.1) is 0 Å². The highest BCUT2D eigenvalue weighted by Crippen LogP contribution is 2.25. The van der Waals surface area contributed by atoms with Crippen LogP contribution in [0.15, 0.2) is 53.1 Å². The van der Waals surface area contributed by atoms with Gasteiger partial charge in [0.25, 0.3) is 5.91 Å². The minimum atomic E-state index is -0.409. The lowest BCUT2D eigenvalue weighted by atomic mass is 10.2. The minimum Gasteiger partial charge on any atom is -0.463 e. The molecule has 0 saturated carbocycles. The van der Waals surface area contributed by atoms with Crippen molar-refractivity contribution in [1.82, 2.24) is 20.0 Å². The zero-order valence-corrected chi connectivity index (χ0v) is 15.9. The van der Waals surface area contributed by atoms with Gasteiger partial charge < -0.3 is 14.6 Å². The van der Waals surface area contributed by atoms with Gasteiger partial charge in [0.05, 0.1) is 18.5 Å². The predicted octanol–water partition coefficient (Wildman–Crippen LogP) is 3.14.